The van der Waals surface area contributed by atoms with Crippen LogP contribution >= 0.6 is 21.6 Å². The van der Waals surface area contributed by atoms with Crippen LogP contribution in [0.25, 0.3) is 0 Å². The molecule has 2 aliphatic rings. The molecule has 0 bridgehead atoms. The lowest BCUT2D eigenvalue weighted by Gasteiger charge is -2.20. The number of amides is 1. The van der Waals surface area contributed by atoms with Gasteiger partial charge in [0.25, 0.3) is 0 Å². The molecule has 0 N–H and O–H groups in total. The Hall–Kier alpha value is -1.27. The van der Waals surface area contributed by atoms with Gasteiger partial charge in [-0.3, -0.25) is 9.69 Å². The molecule has 2 aliphatic heterocycles. The van der Waals surface area contributed by atoms with Gasteiger partial charge in [0.15, 0.2) is 0 Å². The van der Waals surface area contributed by atoms with Gasteiger partial charge in [0.1, 0.15) is 11.5 Å². The first-order chi connectivity index (χ1) is 9.24. The second kappa shape index (κ2) is 5.02. The van der Waals surface area contributed by atoms with E-state index < -0.39 is 0 Å². The second-order valence-electron chi connectivity index (χ2n) is 4.19. The van der Waals surface area contributed by atoms with Gasteiger partial charge in [-0.25, -0.2) is 0 Å². The zero-order valence-electron chi connectivity index (χ0n) is 10.6. The van der Waals surface area contributed by atoms with Gasteiger partial charge >= 0.3 is 0 Å². The molecule has 1 aromatic rings. The molecule has 0 aromatic heterocycles. The van der Waals surface area contributed by atoms with Crippen LogP contribution in [0.1, 0.15) is 6.42 Å². The van der Waals surface area contributed by atoms with Gasteiger partial charge in [0.2, 0.25) is 5.91 Å². The van der Waals surface area contributed by atoms with Crippen molar-refractivity contribution < 1.29 is 14.3 Å². The zero-order valence-corrected chi connectivity index (χ0v) is 12.2. The Morgan fingerprint density at radius 1 is 1.32 bits per heavy atom. The third kappa shape index (κ3) is 2.08. The fourth-order valence-electron chi connectivity index (χ4n) is 2.24. The summed E-state index contributed by atoms with van der Waals surface area (Å²) >= 11 is 0. The molecule has 1 fully saturated rings. The number of anilines is 1. The van der Waals surface area contributed by atoms with E-state index in [0.717, 1.165) is 11.4 Å². The van der Waals surface area contributed by atoms with Crippen LogP contribution in [-0.4, -0.2) is 25.4 Å². The van der Waals surface area contributed by atoms with E-state index in [1.165, 1.54) is 0 Å². The van der Waals surface area contributed by atoms with E-state index in [1.54, 1.807) is 46.8 Å². The minimum atomic E-state index is 0.118. The molecule has 1 aromatic carbocycles. The van der Waals surface area contributed by atoms with Crippen molar-refractivity contribution in [2.45, 2.75) is 11.7 Å². The first-order valence-corrected chi connectivity index (χ1v) is 8.09. The summed E-state index contributed by atoms with van der Waals surface area (Å²) in [6.07, 6.45) is 0.554. The van der Waals surface area contributed by atoms with Gasteiger partial charge in [-0.2, -0.15) is 0 Å². The molecule has 0 spiro atoms. The van der Waals surface area contributed by atoms with Gasteiger partial charge in [-0.05, 0) is 12.1 Å². The number of hydrogen-bond donors (Lipinski definition) is 0. The summed E-state index contributed by atoms with van der Waals surface area (Å²) in [5, 5.41) is 2.31. The van der Waals surface area contributed by atoms with Crippen molar-refractivity contribution in [2.75, 3.05) is 19.1 Å². The number of nitrogens with zero attached hydrogens (tertiary/aromatic N) is 1. The summed E-state index contributed by atoms with van der Waals surface area (Å²) < 4.78 is 10.6. The van der Waals surface area contributed by atoms with E-state index in [2.05, 4.69) is 0 Å². The Morgan fingerprint density at radius 3 is 2.89 bits per heavy atom. The van der Waals surface area contributed by atoms with E-state index in [4.69, 9.17) is 9.47 Å². The third-order valence-corrected chi connectivity index (χ3v) is 5.57. The summed E-state index contributed by atoms with van der Waals surface area (Å²) in [5.41, 5.74) is 1.84. The van der Waals surface area contributed by atoms with Gasteiger partial charge in [-0.15, -0.1) is 0 Å². The molecule has 1 atom stereocenters. The molecule has 0 saturated carbocycles. The quantitative estimate of drug-likeness (QED) is 0.801. The van der Waals surface area contributed by atoms with Gasteiger partial charge in [-0.1, -0.05) is 21.6 Å². The Labute approximate surface area is 119 Å². The van der Waals surface area contributed by atoms with Crippen LogP contribution in [0, 0.1) is 0 Å². The lowest BCUT2D eigenvalue weighted by atomic mass is 10.2. The van der Waals surface area contributed by atoms with Gasteiger partial charge < -0.3 is 9.47 Å². The van der Waals surface area contributed by atoms with Gasteiger partial charge in [0, 0.05) is 23.6 Å². The van der Waals surface area contributed by atoms with Crippen molar-refractivity contribution in [3.05, 3.63) is 29.3 Å². The predicted molar refractivity (Wildman–Crippen MR) is 78.7 cm³/mol. The maximum Gasteiger partial charge on any atom is 0.233 e. The van der Waals surface area contributed by atoms with E-state index >= 15 is 0 Å². The van der Waals surface area contributed by atoms with Crippen LogP contribution in [0.4, 0.5) is 5.69 Å². The number of carbonyl (C=O) groups is 1. The van der Waals surface area contributed by atoms with Crippen LogP contribution < -0.4 is 14.4 Å². The molecule has 4 nitrogen and oxygen atoms in total. The number of benzene rings is 1. The lowest BCUT2D eigenvalue weighted by Crippen LogP contribution is -2.23. The minimum absolute atomic E-state index is 0.118. The van der Waals surface area contributed by atoms with Crippen LogP contribution in [0.2, 0.25) is 0 Å². The van der Waals surface area contributed by atoms with E-state index in [-0.39, 0.29) is 11.2 Å². The number of ether oxygens (including phenoxy) is 2. The fourth-order valence-corrected chi connectivity index (χ4v) is 4.73. The minimum Gasteiger partial charge on any atom is -0.497 e. The molecule has 19 heavy (non-hydrogen) atoms. The summed E-state index contributed by atoms with van der Waals surface area (Å²) in [7, 11) is 6.62. The number of fused-ring (bicyclic) bond motifs is 1. The molecule has 1 unspecified atom stereocenters. The van der Waals surface area contributed by atoms with Gasteiger partial charge in [0.05, 0.1) is 25.2 Å². The fraction of sp³-hybridized carbons (Fsp3) is 0.308. The number of hydrogen-bond acceptors (Lipinski definition) is 5. The molecule has 0 aliphatic carbocycles. The van der Waals surface area contributed by atoms with Crippen LogP contribution in [-0.2, 0) is 4.79 Å². The van der Waals surface area contributed by atoms with E-state index in [0.29, 0.717) is 17.9 Å². The SMILES string of the molecule is COc1ccc(N2C(=O)CC3SSC=C32)c(OC)c1. The zero-order chi connectivity index (χ0) is 13.4. The average molecular weight is 295 g/mol. The van der Waals surface area contributed by atoms with Crippen molar-refractivity contribution >= 4 is 33.2 Å². The summed E-state index contributed by atoms with van der Waals surface area (Å²) in [5.74, 6) is 1.48. The summed E-state index contributed by atoms with van der Waals surface area (Å²) in [6.45, 7) is 0. The highest BCUT2D eigenvalue weighted by Crippen LogP contribution is 2.50. The molecule has 2 heterocycles. The van der Waals surface area contributed by atoms with Crippen LogP contribution in [0.15, 0.2) is 29.3 Å². The van der Waals surface area contributed by atoms with Crippen LogP contribution in [0.3, 0.4) is 0 Å². The standard InChI is InChI=1S/C13H13NO3S2/c1-16-8-3-4-9(11(5-8)17-2)14-10-7-18-19-12(10)6-13(14)15/h3-5,7,12H,6H2,1-2H3. The van der Waals surface area contributed by atoms with Crippen molar-refractivity contribution in [1.29, 1.82) is 0 Å². The molecule has 3 rings (SSSR count). The highest BCUT2D eigenvalue weighted by Gasteiger charge is 2.40. The first-order valence-electron chi connectivity index (χ1n) is 5.81. The topological polar surface area (TPSA) is 38.8 Å². The Balaban J connectivity index is 2.04. The van der Waals surface area contributed by atoms with Crippen molar-refractivity contribution in [2.24, 2.45) is 0 Å². The summed E-state index contributed by atoms with van der Waals surface area (Å²) in [4.78, 5) is 13.9. The Kier molecular flexibility index (Phi) is 3.36. The number of rotatable bonds is 3. The molecule has 100 valence electrons. The second-order valence-corrected chi connectivity index (χ2v) is 6.54. The average Bonchev–Trinajstić information content (AvgIpc) is 2.98. The highest BCUT2D eigenvalue weighted by atomic mass is 33.1. The molecule has 6 heteroatoms. The predicted octanol–water partition coefficient (Wildman–Crippen LogP) is 3.05. The maximum atomic E-state index is 12.2. The Morgan fingerprint density at radius 2 is 2.16 bits per heavy atom. The largest absolute Gasteiger partial charge is 0.497 e. The van der Waals surface area contributed by atoms with Crippen molar-refractivity contribution in [1.82, 2.24) is 0 Å². The smallest absolute Gasteiger partial charge is 0.233 e. The van der Waals surface area contributed by atoms with Crippen LogP contribution in [0.5, 0.6) is 11.5 Å². The van der Waals surface area contributed by atoms with E-state index in [9.17, 15) is 4.79 Å². The molecular formula is C13H13NO3S2. The molecule has 0 radical (unpaired) electrons. The van der Waals surface area contributed by atoms with E-state index in [1.807, 2.05) is 17.5 Å². The number of methoxy groups -OCH3 is 2. The molecule has 1 amide bonds. The number of carbonyl (C=O) groups excluding carboxylic acids is 1. The highest BCUT2D eigenvalue weighted by molar-refractivity contribution is 8.78. The third-order valence-electron chi connectivity index (χ3n) is 3.17. The normalized spacial score (nSPS) is 21.4. The van der Waals surface area contributed by atoms with Crippen molar-refractivity contribution in [3.63, 3.8) is 0 Å². The summed E-state index contributed by atoms with van der Waals surface area (Å²) in [6, 6.07) is 5.51. The maximum absolute atomic E-state index is 12.2. The van der Waals surface area contributed by atoms with Crippen molar-refractivity contribution in [3.8, 4) is 11.5 Å². The lowest BCUT2D eigenvalue weighted by molar-refractivity contribution is -0.116. The first kappa shape index (κ1) is 12.7. The molecule has 1 saturated heterocycles. The monoisotopic (exact) mass is 295 g/mol. The Bertz CT molecular complexity index is 559. The molecular weight excluding hydrogens is 282 g/mol.